The molecule has 0 bridgehead atoms. The van der Waals surface area contributed by atoms with Gasteiger partial charge in [-0.1, -0.05) is 6.07 Å². The van der Waals surface area contributed by atoms with E-state index in [4.69, 9.17) is 21.7 Å². The van der Waals surface area contributed by atoms with Gasteiger partial charge in [0.15, 0.2) is 5.82 Å². The number of H-pyrrole nitrogens is 1. The van der Waals surface area contributed by atoms with E-state index in [-0.39, 0.29) is 6.04 Å². The Morgan fingerprint density at radius 2 is 2.19 bits per heavy atom. The third kappa shape index (κ3) is 3.65. The van der Waals surface area contributed by atoms with Crippen LogP contribution in [0, 0.1) is 4.77 Å². The molecule has 3 aromatic rings. The molecule has 1 atom stereocenters. The van der Waals surface area contributed by atoms with Crippen LogP contribution >= 0.6 is 23.6 Å². The van der Waals surface area contributed by atoms with Gasteiger partial charge in [-0.3, -0.25) is 10.00 Å². The van der Waals surface area contributed by atoms with Gasteiger partial charge >= 0.3 is 0 Å². The molecule has 0 unspecified atom stereocenters. The molecule has 4 rings (SSSR count). The number of ether oxygens (including phenoxy) is 2. The highest BCUT2D eigenvalue weighted by Crippen LogP contribution is 2.39. The zero-order valence-corrected chi connectivity index (χ0v) is 17.0. The molecule has 0 spiro atoms. The Morgan fingerprint density at radius 1 is 1.30 bits per heavy atom. The van der Waals surface area contributed by atoms with E-state index in [1.165, 1.54) is 0 Å². The van der Waals surface area contributed by atoms with Crippen molar-refractivity contribution < 1.29 is 9.47 Å². The lowest BCUT2D eigenvalue weighted by Crippen LogP contribution is -2.27. The summed E-state index contributed by atoms with van der Waals surface area (Å²) in [6.45, 7) is 1.67. The van der Waals surface area contributed by atoms with Crippen LogP contribution in [0.25, 0.3) is 10.7 Å². The average molecular weight is 403 g/mol. The molecule has 27 heavy (non-hydrogen) atoms. The molecule has 2 aromatic heterocycles. The van der Waals surface area contributed by atoms with E-state index >= 15 is 0 Å². The molecule has 1 N–H and O–H groups in total. The van der Waals surface area contributed by atoms with Crippen LogP contribution in [0.4, 0.5) is 0 Å². The molecule has 0 aliphatic carbocycles. The first-order valence-electron chi connectivity index (χ1n) is 8.86. The summed E-state index contributed by atoms with van der Waals surface area (Å²) in [7, 11) is 3.40. The summed E-state index contributed by atoms with van der Waals surface area (Å²) in [4.78, 5) is 8.01. The molecule has 1 saturated heterocycles. The number of rotatable bonds is 6. The maximum Gasteiger partial charge on any atom is 0.217 e. The van der Waals surface area contributed by atoms with E-state index in [9.17, 15) is 0 Å². The number of nitrogens with one attached hydrogen (secondary N) is 1. The number of likely N-dealkylation sites (tertiary alicyclic amines) is 1. The van der Waals surface area contributed by atoms with Gasteiger partial charge in [0, 0.05) is 18.2 Å². The van der Waals surface area contributed by atoms with Gasteiger partial charge in [0.05, 0.1) is 25.8 Å². The summed E-state index contributed by atoms with van der Waals surface area (Å²) in [5.41, 5.74) is 1.15. The number of benzene rings is 1. The Balaban J connectivity index is 1.61. The van der Waals surface area contributed by atoms with Crippen molar-refractivity contribution in [3.8, 4) is 22.2 Å². The fraction of sp³-hybridized carbons (Fsp3) is 0.368. The first-order chi connectivity index (χ1) is 13.2. The van der Waals surface area contributed by atoms with Gasteiger partial charge in [-0.2, -0.15) is 4.98 Å². The van der Waals surface area contributed by atoms with E-state index in [1.54, 1.807) is 25.6 Å². The minimum absolute atomic E-state index is 0.255. The SMILES string of the molecule is COc1ccc(OC)c([C@@H]2CCCN2Cn2[nH]c(-c3cccs3)nc2=S)c1. The lowest BCUT2D eigenvalue weighted by molar-refractivity contribution is 0.187. The van der Waals surface area contributed by atoms with E-state index in [1.807, 2.05) is 34.3 Å². The molecule has 1 fully saturated rings. The molecule has 142 valence electrons. The zero-order valence-electron chi connectivity index (χ0n) is 15.3. The van der Waals surface area contributed by atoms with Crippen LogP contribution in [0.5, 0.6) is 11.5 Å². The zero-order chi connectivity index (χ0) is 18.8. The molecule has 6 nitrogen and oxygen atoms in total. The van der Waals surface area contributed by atoms with E-state index in [0.29, 0.717) is 11.4 Å². The van der Waals surface area contributed by atoms with Crippen LogP contribution in [0.3, 0.4) is 0 Å². The fourth-order valence-electron chi connectivity index (χ4n) is 3.61. The summed E-state index contributed by atoms with van der Waals surface area (Å²) in [6, 6.07) is 10.3. The Bertz CT molecular complexity index is 965. The van der Waals surface area contributed by atoms with E-state index in [0.717, 1.165) is 47.2 Å². The number of methoxy groups -OCH3 is 2. The van der Waals surface area contributed by atoms with Gasteiger partial charge in [-0.25, -0.2) is 4.68 Å². The quantitative estimate of drug-likeness (QED) is 0.616. The molecular formula is C19H22N4O2S2. The molecule has 1 aliphatic heterocycles. The lowest BCUT2D eigenvalue weighted by Gasteiger charge is -2.26. The third-order valence-corrected chi connectivity index (χ3v) is 6.10. The van der Waals surface area contributed by atoms with Crippen LogP contribution in [0.15, 0.2) is 35.7 Å². The van der Waals surface area contributed by atoms with Gasteiger partial charge in [0.25, 0.3) is 0 Å². The second-order valence-corrected chi connectivity index (χ2v) is 7.79. The highest BCUT2D eigenvalue weighted by Gasteiger charge is 2.29. The molecular weight excluding hydrogens is 380 g/mol. The number of aromatic nitrogens is 3. The van der Waals surface area contributed by atoms with Gasteiger partial charge in [-0.05, 0) is 54.7 Å². The standard InChI is InChI=1S/C19H22N4O2S2/c1-24-13-7-8-16(25-2)14(11-13)15-5-3-9-22(15)12-23-19(26)20-18(21-23)17-6-4-10-27-17/h4,6-8,10-11,15H,3,5,9,12H2,1-2H3,(H,20,21,26)/t15-/m0/s1. The fourth-order valence-corrected chi connectivity index (χ4v) is 4.46. The highest BCUT2D eigenvalue weighted by atomic mass is 32.1. The third-order valence-electron chi connectivity index (χ3n) is 4.92. The largest absolute Gasteiger partial charge is 0.497 e. The summed E-state index contributed by atoms with van der Waals surface area (Å²) in [5.74, 6) is 2.56. The Hall–Kier alpha value is -2.16. The molecule has 1 aromatic carbocycles. The Kier molecular flexibility index (Phi) is 5.29. The Labute approximate surface area is 167 Å². The normalized spacial score (nSPS) is 17.3. The molecule has 0 amide bonds. The predicted octanol–water partition coefficient (Wildman–Crippen LogP) is 4.48. The molecule has 3 heterocycles. The first-order valence-corrected chi connectivity index (χ1v) is 10.1. The minimum Gasteiger partial charge on any atom is -0.497 e. The monoisotopic (exact) mass is 402 g/mol. The van der Waals surface area contributed by atoms with Gasteiger partial charge in [0.2, 0.25) is 4.77 Å². The van der Waals surface area contributed by atoms with Gasteiger partial charge in [0.1, 0.15) is 11.5 Å². The van der Waals surface area contributed by atoms with Crippen LogP contribution in [-0.2, 0) is 6.67 Å². The van der Waals surface area contributed by atoms with Crippen molar-refractivity contribution in [3.05, 3.63) is 46.0 Å². The van der Waals surface area contributed by atoms with Gasteiger partial charge < -0.3 is 9.47 Å². The number of hydrogen-bond acceptors (Lipinski definition) is 6. The number of nitrogens with zero attached hydrogens (tertiary/aromatic N) is 3. The van der Waals surface area contributed by atoms with E-state index < -0.39 is 0 Å². The average Bonchev–Trinajstić information content (AvgIpc) is 3.43. The van der Waals surface area contributed by atoms with Crippen molar-refractivity contribution >= 4 is 23.6 Å². The minimum atomic E-state index is 0.255. The first kappa shape index (κ1) is 18.2. The molecule has 8 heteroatoms. The second-order valence-electron chi connectivity index (χ2n) is 6.48. The van der Waals surface area contributed by atoms with Crippen LogP contribution in [0.2, 0.25) is 0 Å². The van der Waals surface area contributed by atoms with Crippen molar-refractivity contribution in [1.29, 1.82) is 0 Å². The van der Waals surface area contributed by atoms with Gasteiger partial charge in [-0.15, -0.1) is 11.3 Å². The van der Waals surface area contributed by atoms with Crippen molar-refractivity contribution in [2.45, 2.75) is 25.6 Å². The summed E-state index contributed by atoms with van der Waals surface area (Å²) in [6.07, 6.45) is 2.20. The van der Waals surface area contributed by atoms with Crippen molar-refractivity contribution in [1.82, 2.24) is 19.7 Å². The van der Waals surface area contributed by atoms with Crippen molar-refractivity contribution in [2.24, 2.45) is 0 Å². The molecule has 0 saturated carbocycles. The highest BCUT2D eigenvalue weighted by molar-refractivity contribution is 7.71. The Morgan fingerprint density at radius 3 is 2.93 bits per heavy atom. The second kappa shape index (κ2) is 7.84. The van der Waals surface area contributed by atoms with E-state index in [2.05, 4.69) is 21.0 Å². The molecule has 0 radical (unpaired) electrons. The molecule has 1 aliphatic rings. The van der Waals surface area contributed by atoms with Crippen molar-refractivity contribution in [3.63, 3.8) is 0 Å². The summed E-state index contributed by atoms with van der Waals surface area (Å²) in [5, 5.41) is 5.39. The maximum absolute atomic E-state index is 5.60. The maximum atomic E-state index is 5.60. The lowest BCUT2D eigenvalue weighted by atomic mass is 10.0. The van der Waals surface area contributed by atoms with Crippen LogP contribution in [0.1, 0.15) is 24.4 Å². The van der Waals surface area contributed by atoms with Crippen molar-refractivity contribution in [2.75, 3.05) is 20.8 Å². The number of hydrogen-bond donors (Lipinski definition) is 1. The summed E-state index contributed by atoms with van der Waals surface area (Å²) < 4.78 is 13.5. The van der Waals surface area contributed by atoms with Crippen LogP contribution in [-0.4, -0.2) is 40.4 Å². The predicted molar refractivity (Wildman–Crippen MR) is 109 cm³/mol. The van der Waals surface area contributed by atoms with Crippen LogP contribution < -0.4 is 9.47 Å². The topological polar surface area (TPSA) is 55.3 Å². The summed E-state index contributed by atoms with van der Waals surface area (Å²) >= 11 is 7.13. The number of aromatic amines is 1. The number of thiophene rings is 1. The smallest absolute Gasteiger partial charge is 0.217 e.